The van der Waals surface area contributed by atoms with Crippen LogP contribution < -0.4 is 16.8 Å². The first-order chi connectivity index (χ1) is 14.4. The Morgan fingerprint density at radius 3 is 2.63 bits per heavy atom. The molecule has 0 amide bonds. The first-order valence-corrected chi connectivity index (χ1v) is 9.95. The topological polar surface area (TPSA) is 144 Å². The highest BCUT2D eigenvalue weighted by Gasteiger charge is 2.21. The van der Waals surface area contributed by atoms with E-state index in [1.54, 1.807) is 4.52 Å². The number of anilines is 3. The third-order valence-electron chi connectivity index (χ3n) is 4.48. The molecular weight excluding hydrogens is 470 g/mol. The molecule has 0 unspecified atom stereocenters. The van der Waals surface area contributed by atoms with Gasteiger partial charge in [-0.25, -0.2) is 9.50 Å². The summed E-state index contributed by atoms with van der Waals surface area (Å²) in [5, 5.41) is 17.2. The van der Waals surface area contributed by atoms with Crippen molar-refractivity contribution in [2.45, 2.75) is 13.0 Å². The Morgan fingerprint density at radius 2 is 1.93 bits per heavy atom. The van der Waals surface area contributed by atoms with Crippen molar-refractivity contribution < 1.29 is 0 Å². The highest BCUT2D eigenvalue weighted by Crippen LogP contribution is 2.33. The maximum Gasteiger partial charge on any atom is 0.224 e. The van der Waals surface area contributed by atoms with Crippen LogP contribution in [0.5, 0.6) is 0 Å². The number of nitrogen functional groups attached to an aromatic ring is 2. The molecule has 4 aromatic rings. The summed E-state index contributed by atoms with van der Waals surface area (Å²) in [6.45, 7) is 1.91. The lowest BCUT2D eigenvalue weighted by Crippen LogP contribution is -2.15. The summed E-state index contributed by atoms with van der Waals surface area (Å²) in [5.74, 6) is 0.231. The molecule has 4 rings (SSSR count). The molecule has 0 radical (unpaired) electrons. The Balaban J connectivity index is 1.87. The number of rotatable bonds is 4. The minimum atomic E-state index is -0.334. The lowest BCUT2D eigenvalue weighted by Gasteiger charge is -2.19. The van der Waals surface area contributed by atoms with Gasteiger partial charge in [-0.05, 0) is 22.9 Å². The third kappa shape index (κ3) is 3.49. The normalized spacial score (nSPS) is 11.9. The number of hydrogen-bond acceptors (Lipinski definition) is 8. The fourth-order valence-corrected chi connectivity index (χ4v) is 3.59. The molecule has 3 aromatic heterocycles. The molecule has 1 aromatic carbocycles. The SMILES string of the molecule is C[C@H](Nc1nc(N)nc(N)c1C#N)c1cn2nc(Cl)c(Br)c2nc1-c1ccccc1. The zero-order valence-electron chi connectivity index (χ0n) is 15.6. The molecular formula is C19H15BrClN9. The smallest absolute Gasteiger partial charge is 0.224 e. The zero-order valence-corrected chi connectivity index (χ0v) is 18.0. The van der Waals surface area contributed by atoms with E-state index >= 15 is 0 Å². The summed E-state index contributed by atoms with van der Waals surface area (Å²) in [6.07, 6.45) is 1.83. The van der Waals surface area contributed by atoms with Crippen LogP contribution in [-0.2, 0) is 0 Å². The summed E-state index contributed by atoms with van der Waals surface area (Å²) in [5.41, 5.74) is 14.7. The molecule has 1 atom stereocenters. The monoisotopic (exact) mass is 483 g/mol. The molecule has 0 bridgehead atoms. The summed E-state index contributed by atoms with van der Waals surface area (Å²) in [4.78, 5) is 12.8. The second kappa shape index (κ2) is 7.78. The third-order valence-corrected chi connectivity index (χ3v) is 5.70. The lowest BCUT2D eigenvalue weighted by atomic mass is 10.0. The molecule has 0 spiro atoms. The van der Waals surface area contributed by atoms with Gasteiger partial charge in [0.2, 0.25) is 5.95 Å². The molecule has 0 saturated heterocycles. The van der Waals surface area contributed by atoms with E-state index in [1.165, 1.54) is 0 Å². The van der Waals surface area contributed by atoms with Gasteiger partial charge in [0.15, 0.2) is 16.6 Å². The van der Waals surface area contributed by atoms with Crippen LogP contribution in [0.25, 0.3) is 16.9 Å². The van der Waals surface area contributed by atoms with E-state index in [1.807, 2.05) is 49.5 Å². The number of nitrogens with two attached hydrogens (primary N) is 2. The van der Waals surface area contributed by atoms with Crippen molar-refractivity contribution in [3.05, 3.63) is 57.3 Å². The Bertz CT molecular complexity index is 1300. The van der Waals surface area contributed by atoms with Crippen molar-refractivity contribution in [3.63, 3.8) is 0 Å². The Labute approximate surface area is 184 Å². The van der Waals surface area contributed by atoms with Gasteiger partial charge in [0.05, 0.1) is 11.7 Å². The van der Waals surface area contributed by atoms with E-state index in [9.17, 15) is 5.26 Å². The van der Waals surface area contributed by atoms with Gasteiger partial charge in [-0.2, -0.15) is 20.3 Å². The summed E-state index contributed by atoms with van der Waals surface area (Å²) in [7, 11) is 0. The largest absolute Gasteiger partial charge is 0.382 e. The van der Waals surface area contributed by atoms with Gasteiger partial charge in [0.25, 0.3) is 0 Å². The predicted octanol–water partition coefficient (Wildman–Crippen LogP) is 3.81. The average Bonchev–Trinajstić information content (AvgIpc) is 3.00. The van der Waals surface area contributed by atoms with E-state index in [0.29, 0.717) is 15.3 Å². The quantitative estimate of drug-likeness (QED) is 0.396. The second-order valence-corrected chi connectivity index (χ2v) is 7.60. The number of nitrogens with one attached hydrogen (secondary N) is 1. The minimum absolute atomic E-state index is 0.0133. The number of nitriles is 1. The molecule has 3 heterocycles. The maximum absolute atomic E-state index is 9.44. The van der Waals surface area contributed by atoms with Crippen LogP contribution in [0.2, 0.25) is 5.15 Å². The molecule has 5 N–H and O–H groups in total. The van der Waals surface area contributed by atoms with E-state index < -0.39 is 0 Å². The predicted molar refractivity (Wildman–Crippen MR) is 119 cm³/mol. The zero-order chi connectivity index (χ0) is 21.4. The van der Waals surface area contributed by atoms with Crippen LogP contribution in [0.3, 0.4) is 0 Å². The molecule has 9 nitrogen and oxygen atoms in total. The Hall–Kier alpha value is -3.42. The standard InChI is InChI=1S/C19H15BrClN9/c1-9(25-17-11(7-22)16(23)27-19(24)28-17)12-8-30-18(13(20)15(21)29-30)26-14(12)10-5-3-2-4-6-10/h2-6,8-9H,1H3,(H5,23,24,25,27,28)/t9-/m0/s1. The highest BCUT2D eigenvalue weighted by molar-refractivity contribution is 9.10. The average molecular weight is 485 g/mol. The van der Waals surface area contributed by atoms with Crippen LogP contribution in [0, 0.1) is 11.3 Å². The fourth-order valence-electron chi connectivity index (χ4n) is 3.07. The van der Waals surface area contributed by atoms with Crippen LogP contribution in [0.15, 0.2) is 41.0 Å². The van der Waals surface area contributed by atoms with E-state index in [0.717, 1.165) is 16.8 Å². The number of aromatic nitrogens is 5. The number of benzene rings is 1. The molecule has 150 valence electrons. The van der Waals surface area contributed by atoms with Crippen molar-refractivity contribution in [1.82, 2.24) is 24.6 Å². The molecule has 0 aliphatic heterocycles. The second-order valence-electron chi connectivity index (χ2n) is 6.45. The first kappa shape index (κ1) is 19.9. The fraction of sp³-hybridized carbons (Fsp3) is 0.105. The van der Waals surface area contributed by atoms with Gasteiger partial charge in [-0.1, -0.05) is 41.9 Å². The van der Waals surface area contributed by atoms with Crippen molar-refractivity contribution in [1.29, 1.82) is 5.26 Å². The van der Waals surface area contributed by atoms with Crippen LogP contribution in [-0.4, -0.2) is 24.6 Å². The summed E-state index contributed by atoms with van der Waals surface area (Å²) < 4.78 is 2.21. The van der Waals surface area contributed by atoms with Gasteiger partial charge in [-0.15, -0.1) is 0 Å². The number of nitrogens with zero attached hydrogens (tertiary/aromatic N) is 6. The minimum Gasteiger partial charge on any atom is -0.382 e. The van der Waals surface area contributed by atoms with Gasteiger partial charge < -0.3 is 16.8 Å². The number of fused-ring (bicyclic) bond motifs is 1. The highest BCUT2D eigenvalue weighted by atomic mass is 79.9. The number of hydrogen-bond donors (Lipinski definition) is 3. The van der Waals surface area contributed by atoms with Crippen LogP contribution >= 0.6 is 27.5 Å². The van der Waals surface area contributed by atoms with Crippen molar-refractivity contribution >= 4 is 50.8 Å². The van der Waals surface area contributed by atoms with Crippen molar-refractivity contribution in [2.75, 3.05) is 16.8 Å². The van der Waals surface area contributed by atoms with Gasteiger partial charge >= 0.3 is 0 Å². The van der Waals surface area contributed by atoms with E-state index in [2.05, 4.69) is 36.3 Å². The molecule has 0 saturated carbocycles. The van der Waals surface area contributed by atoms with E-state index in [-0.39, 0.29) is 29.2 Å². The molecule has 0 fully saturated rings. The maximum atomic E-state index is 9.44. The van der Waals surface area contributed by atoms with Gasteiger partial charge in [-0.3, -0.25) is 0 Å². The number of halogens is 2. The molecule has 11 heteroatoms. The van der Waals surface area contributed by atoms with Crippen molar-refractivity contribution in [3.8, 4) is 17.3 Å². The summed E-state index contributed by atoms with van der Waals surface area (Å²) in [6, 6.07) is 11.4. The van der Waals surface area contributed by atoms with Crippen LogP contribution in [0.4, 0.5) is 17.6 Å². The summed E-state index contributed by atoms with van der Waals surface area (Å²) >= 11 is 9.60. The Kier molecular flexibility index (Phi) is 5.15. The molecule has 30 heavy (non-hydrogen) atoms. The lowest BCUT2D eigenvalue weighted by molar-refractivity contribution is 0.830. The first-order valence-electron chi connectivity index (χ1n) is 8.78. The molecule has 0 aliphatic carbocycles. The molecule has 0 aliphatic rings. The van der Waals surface area contributed by atoms with Crippen molar-refractivity contribution in [2.24, 2.45) is 0 Å². The van der Waals surface area contributed by atoms with Gasteiger partial charge in [0.1, 0.15) is 21.9 Å². The van der Waals surface area contributed by atoms with Gasteiger partial charge in [0, 0.05) is 17.3 Å². The van der Waals surface area contributed by atoms with E-state index in [4.69, 9.17) is 28.1 Å². The van der Waals surface area contributed by atoms with Crippen LogP contribution in [0.1, 0.15) is 24.1 Å². The Morgan fingerprint density at radius 1 is 1.20 bits per heavy atom.